The zero-order valence-corrected chi connectivity index (χ0v) is 31.2. The smallest absolute Gasteiger partial charge is 0.227 e. The van der Waals surface area contributed by atoms with E-state index in [1.807, 2.05) is 61.1 Å². The van der Waals surface area contributed by atoms with Crippen molar-refractivity contribution in [3.05, 3.63) is 201 Å². The van der Waals surface area contributed by atoms with Gasteiger partial charge in [-0.15, -0.1) is 0 Å². The number of hydrogen-bond donors (Lipinski definition) is 0. The van der Waals surface area contributed by atoms with Crippen LogP contribution < -0.4 is 4.90 Å². The molecule has 0 saturated heterocycles. The normalized spacial score (nSPS) is 11.4. The van der Waals surface area contributed by atoms with Crippen LogP contribution in [0.4, 0.5) is 17.1 Å². The SMILES string of the molecule is c1ccc(-c2cc(-c3ccc(N(c4ccc(-c5ccc6ccncc6c5)cc4)c4ccc(-c5ccc6c(n5)oc5ccccc56)cc4)cc3)nc3cccnc23)cc1. The first kappa shape index (κ1) is 33.4. The van der Waals surface area contributed by atoms with Gasteiger partial charge in [0.2, 0.25) is 5.71 Å². The molecule has 6 nitrogen and oxygen atoms in total. The van der Waals surface area contributed by atoms with Crippen LogP contribution in [0.5, 0.6) is 0 Å². The second kappa shape index (κ2) is 14.0. The summed E-state index contributed by atoms with van der Waals surface area (Å²) in [7, 11) is 0. The van der Waals surface area contributed by atoms with E-state index in [0.717, 1.165) is 94.6 Å². The molecule has 0 fully saturated rings. The van der Waals surface area contributed by atoms with Crippen LogP contribution in [0, 0.1) is 0 Å². The minimum atomic E-state index is 0.639. The average molecular weight is 744 g/mol. The molecule has 6 heteroatoms. The fraction of sp³-hybridized carbons (Fsp3) is 0. The average Bonchev–Trinajstić information content (AvgIpc) is 3.68. The minimum absolute atomic E-state index is 0.639. The summed E-state index contributed by atoms with van der Waals surface area (Å²) in [6, 6.07) is 63.3. The van der Waals surface area contributed by atoms with Crippen molar-refractivity contribution in [3.63, 3.8) is 0 Å². The van der Waals surface area contributed by atoms with Crippen LogP contribution >= 0.6 is 0 Å². The maximum Gasteiger partial charge on any atom is 0.227 e. The summed E-state index contributed by atoms with van der Waals surface area (Å²) in [6.07, 6.45) is 5.57. The van der Waals surface area contributed by atoms with Gasteiger partial charge < -0.3 is 9.32 Å². The molecule has 11 aromatic rings. The third kappa shape index (κ3) is 6.01. The Balaban J connectivity index is 0.974. The predicted molar refractivity (Wildman–Crippen MR) is 236 cm³/mol. The molecule has 0 amide bonds. The molecule has 11 rings (SSSR count). The number of hydrogen-bond acceptors (Lipinski definition) is 6. The zero-order chi connectivity index (χ0) is 38.4. The molecular formula is C52H33N5O. The van der Waals surface area contributed by atoms with Crippen molar-refractivity contribution in [2.24, 2.45) is 0 Å². The molecule has 6 aromatic carbocycles. The van der Waals surface area contributed by atoms with Gasteiger partial charge in [-0.1, -0.05) is 97.1 Å². The fourth-order valence-electron chi connectivity index (χ4n) is 7.89. The maximum atomic E-state index is 6.12. The number of furan rings is 1. The summed E-state index contributed by atoms with van der Waals surface area (Å²) in [6.45, 7) is 0. The zero-order valence-electron chi connectivity index (χ0n) is 31.2. The van der Waals surface area contributed by atoms with E-state index in [4.69, 9.17) is 19.4 Å². The molecule has 0 unspecified atom stereocenters. The van der Waals surface area contributed by atoms with Crippen LogP contribution in [0.15, 0.2) is 205 Å². The predicted octanol–water partition coefficient (Wildman–Crippen LogP) is 13.6. The maximum absolute atomic E-state index is 6.12. The van der Waals surface area contributed by atoms with E-state index in [2.05, 4.69) is 149 Å². The first-order valence-corrected chi connectivity index (χ1v) is 19.3. The summed E-state index contributed by atoms with van der Waals surface area (Å²) in [5.41, 5.74) is 14.5. The minimum Gasteiger partial charge on any atom is -0.438 e. The highest BCUT2D eigenvalue weighted by Crippen LogP contribution is 2.39. The Bertz CT molecular complexity index is 3270. The van der Waals surface area contributed by atoms with E-state index in [-0.39, 0.29) is 0 Å². The van der Waals surface area contributed by atoms with Gasteiger partial charge in [0.1, 0.15) is 5.58 Å². The highest BCUT2D eigenvalue weighted by molar-refractivity contribution is 6.04. The van der Waals surface area contributed by atoms with Crippen LogP contribution in [0.2, 0.25) is 0 Å². The third-order valence-electron chi connectivity index (χ3n) is 10.8. The number of para-hydroxylation sites is 1. The Labute approximate surface area is 334 Å². The molecule has 0 spiro atoms. The molecule has 5 aromatic heterocycles. The van der Waals surface area contributed by atoms with Crippen LogP contribution in [-0.4, -0.2) is 19.9 Å². The van der Waals surface area contributed by atoms with Crippen LogP contribution in [-0.2, 0) is 0 Å². The molecule has 0 bridgehead atoms. The second-order valence-electron chi connectivity index (χ2n) is 14.4. The lowest BCUT2D eigenvalue weighted by molar-refractivity contribution is 0.654. The quantitative estimate of drug-likeness (QED) is 0.162. The van der Waals surface area contributed by atoms with E-state index in [9.17, 15) is 0 Å². The van der Waals surface area contributed by atoms with Crippen LogP contribution in [0.3, 0.4) is 0 Å². The number of pyridine rings is 4. The van der Waals surface area contributed by atoms with Gasteiger partial charge >= 0.3 is 0 Å². The fourth-order valence-corrected chi connectivity index (χ4v) is 7.89. The lowest BCUT2D eigenvalue weighted by Gasteiger charge is -2.26. The van der Waals surface area contributed by atoms with Gasteiger partial charge in [0.15, 0.2) is 0 Å². The number of fused-ring (bicyclic) bond motifs is 5. The Morgan fingerprint density at radius 1 is 0.431 bits per heavy atom. The topological polar surface area (TPSA) is 67.9 Å². The molecule has 0 radical (unpaired) electrons. The molecule has 0 N–H and O–H groups in total. The summed E-state index contributed by atoms with van der Waals surface area (Å²) >= 11 is 0. The Hall–Kier alpha value is -7.96. The molecule has 58 heavy (non-hydrogen) atoms. The lowest BCUT2D eigenvalue weighted by atomic mass is 10.0. The summed E-state index contributed by atoms with van der Waals surface area (Å²) in [4.78, 5) is 21.3. The molecule has 0 saturated carbocycles. The highest BCUT2D eigenvalue weighted by atomic mass is 16.3. The lowest BCUT2D eigenvalue weighted by Crippen LogP contribution is -2.09. The van der Waals surface area contributed by atoms with Crippen molar-refractivity contribution in [3.8, 4) is 44.8 Å². The number of nitrogens with zero attached hydrogens (tertiary/aromatic N) is 5. The second-order valence-corrected chi connectivity index (χ2v) is 14.4. The van der Waals surface area contributed by atoms with E-state index in [1.54, 1.807) is 0 Å². The van der Waals surface area contributed by atoms with Crippen molar-refractivity contribution < 1.29 is 4.42 Å². The van der Waals surface area contributed by atoms with Gasteiger partial charge in [0.05, 0.1) is 22.4 Å². The monoisotopic (exact) mass is 743 g/mol. The van der Waals surface area contributed by atoms with Crippen LogP contribution in [0.25, 0.3) is 88.6 Å². The molecule has 5 heterocycles. The standard InChI is InChI=1S/C52H33N5O/c1-2-7-36(8-3-1)46-32-49(55-48-10-6-29-54-51(46)48)38-18-24-43(25-19-38)57(41-20-14-34(15-21-41)39-13-12-35-28-30-53-33-40(35)31-39)42-22-16-37(17-23-42)47-27-26-45-44-9-4-5-11-50(44)58-52(45)56-47/h1-33H. The van der Waals surface area contributed by atoms with Gasteiger partial charge in [0.25, 0.3) is 0 Å². The number of rotatable bonds is 7. The Morgan fingerprint density at radius 2 is 1.12 bits per heavy atom. The summed E-state index contributed by atoms with van der Waals surface area (Å²) in [5.74, 6) is 0. The molecule has 0 aliphatic rings. The molecule has 0 aliphatic carbocycles. The first-order valence-electron chi connectivity index (χ1n) is 19.3. The van der Waals surface area contributed by atoms with Gasteiger partial charge in [0, 0.05) is 68.5 Å². The molecular weight excluding hydrogens is 711 g/mol. The third-order valence-corrected chi connectivity index (χ3v) is 10.8. The first-order chi connectivity index (χ1) is 28.7. The van der Waals surface area contributed by atoms with Gasteiger partial charge in [-0.25, -0.2) is 9.97 Å². The molecule has 0 aliphatic heterocycles. The molecule has 0 atom stereocenters. The van der Waals surface area contributed by atoms with E-state index in [0.29, 0.717) is 5.71 Å². The van der Waals surface area contributed by atoms with Gasteiger partial charge in [-0.3, -0.25) is 9.97 Å². The van der Waals surface area contributed by atoms with Crippen molar-refractivity contribution in [2.45, 2.75) is 0 Å². The van der Waals surface area contributed by atoms with Crippen molar-refractivity contribution in [1.29, 1.82) is 0 Å². The Kier molecular flexibility index (Phi) is 8.04. The Morgan fingerprint density at radius 3 is 1.90 bits per heavy atom. The summed E-state index contributed by atoms with van der Waals surface area (Å²) in [5, 5.41) is 4.38. The molecule has 272 valence electrons. The number of aromatic nitrogens is 4. The highest BCUT2D eigenvalue weighted by Gasteiger charge is 2.16. The van der Waals surface area contributed by atoms with Gasteiger partial charge in [-0.05, 0) is 107 Å². The van der Waals surface area contributed by atoms with Crippen molar-refractivity contribution in [1.82, 2.24) is 19.9 Å². The number of benzene rings is 6. The van der Waals surface area contributed by atoms with Crippen LogP contribution in [0.1, 0.15) is 0 Å². The number of anilines is 3. The summed E-state index contributed by atoms with van der Waals surface area (Å²) < 4.78 is 6.12. The van der Waals surface area contributed by atoms with Crippen molar-refractivity contribution >= 4 is 60.9 Å². The van der Waals surface area contributed by atoms with E-state index < -0.39 is 0 Å². The van der Waals surface area contributed by atoms with Crippen molar-refractivity contribution in [2.75, 3.05) is 4.90 Å². The van der Waals surface area contributed by atoms with E-state index >= 15 is 0 Å². The van der Waals surface area contributed by atoms with E-state index in [1.165, 1.54) is 5.39 Å². The van der Waals surface area contributed by atoms with Gasteiger partial charge in [-0.2, -0.15) is 0 Å². The largest absolute Gasteiger partial charge is 0.438 e.